The minimum Gasteiger partial charge on any atom is -0.392 e. The molecule has 0 radical (unpaired) electrons. The van der Waals surface area contributed by atoms with E-state index in [9.17, 15) is 15.0 Å². The summed E-state index contributed by atoms with van der Waals surface area (Å²) in [4.78, 5) is 14.5. The maximum atomic E-state index is 12.5. The summed E-state index contributed by atoms with van der Waals surface area (Å²) in [5, 5.41) is 20.7. The number of carbonyl (C=O) groups excluding carboxylic acids is 1. The standard InChI is InChI=1S/C27H47NO3/c1-6-7-8-12-23(29)14-15-24-25-17-21(16-22(25)18-26(24)30)11-9-10-13-27(31)28(19(2)3)20(4)5/h11,14-15,19-20,22-26,29-30H,6-10,12-13,16-18H2,1-5H3/b15-14+,21-11+/t22-,23-,24+,25-,26+/m0/s1. The lowest BCUT2D eigenvalue weighted by atomic mass is 9.90. The van der Waals surface area contributed by atoms with Crippen LogP contribution in [0.15, 0.2) is 23.8 Å². The number of hydrogen-bond donors (Lipinski definition) is 2. The van der Waals surface area contributed by atoms with Crippen LogP contribution in [-0.4, -0.2) is 45.3 Å². The molecule has 0 spiro atoms. The Morgan fingerprint density at radius 3 is 2.48 bits per heavy atom. The van der Waals surface area contributed by atoms with Gasteiger partial charge in [-0.05, 0) is 78.1 Å². The number of aliphatic hydroxyl groups excluding tert-OH is 2. The van der Waals surface area contributed by atoms with Gasteiger partial charge in [0.25, 0.3) is 0 Å². The molecule has 5 atom stereocenters. The van der Waals surface area contributed by atoms with E-state index in [0.29, 0.717) is 18.3 Å². The van der Waals surface area contributed by atoms with E-state index in [2.05, 4.69) is 46.8 Å². The average molecular weight is 434 g/mol. The van der Waals surface area contributed by atoms with E-state index in [0.717, 1.165) is 51.4 Å². The molecule has 0 bridgehead atoms. The molecule has 0 aromatic carbocycles. The van der Waals surface area contributed by atoms with E-state index in [1.807, 2.05) is 11.0 Å². The quantitative estimate of drug-likeness (QED) is 0.310. The topological polar surface area (TPSA) is 60.8 Å². The summed E-state index contributed by atoms with van der Waals surface area (Å²) in [5.74, 6) is 1.49. The first kappa shape index (κ1) is 26.1. The molecule has 4 nitrogen and oxygen atoms in total. The highest BCUT2D eigenvalue weighted by atomic mass is 16.3. The molecule has 2 fully saturated rings. The van der Waals surface area contributed by atoms with Gasteiger partial charge in [-0.2, -0.15) is 0 Å². The van der Waals surface area contributed by atoms with Crippen LogP contribution in [0.5, 0.6) is 0 Å². The normalized spacial score (nSPS) is 28.2. The van der Waals surface area contributed by atoms with E-state index >= 15 is 0 Å². The molecule has 2 aliphatic carbocycles. The van der Waals surface area contributed by atoms with Gasteiger partial charge in [-0.3, -0.25) is 4.79 Å². The van der Waals surface area contributed by atoms with Crippen LogP contribution in [0.2, 0.25) is 0 Å². The van der Waals surface area contributed by atoms with Gasteiger partial charge in [-0.15, -0.1) is 0 Å². The molecule has 4 heteroatoms. The zero-order valence-electron chi connectivity index (χ0n) is 20.6. The highest BCUT2D eigenvalue weighted by molar-refractivity contribution is 5.76. The molecular formula is C27H47NO3. The summed E-state index contributed by atoms with van der Waals surface area (Å²) >= 11 is 0. The monoisotopic (exact) mass is 433 g/mol. The Balaban J connectivity index is 1.80. The van der Waals surface area contributed by atoms with Gasteiger partial charge in [-0.25, -0.2) is 0 Å². The number of hydrogen-bond acceptors (Lipinski definition) is 3. The molecule has 2 saturated carbocycles. The number of aliphatic hydroxyl groups is 2. The number of nitrogens with zero attached hydrogens (tertiary/aromatic N) is 1. The van der Waals surface area contributed by atoms with Gasteiger partial charge in [0, 0.05) is 24.4 Å². The lowest BCUT2D eigenvalue weighted by Crippen LogP contribution is -2.41. The number of rotatable bonds is 12. The van der Waals surface area contributed by atoms with Crippen LogP contribution >= 0.6 is 0 Å². The van der Waals surface area contributed by atoms with Crippen molar-refractivity contribution in [1.82, 2.24) is 4.90 Å². The molecule has 1 amide bonds. The summed E-state index contributed by atoms with van der Waals surface area (Å²) < 4.78 is 0. The van der Waals surface area contributed by atoms with Crippen molar-refractivity contribution < 1.29 is 15.0 Å². The third-order valence-corrected chi connectivity index (χ3v) is 7.20. The molecule has 0 aromatic heterocycles. The minimum atomic E-state index is -0.386. The fraction of sp³-hybridized carbons (Fsp3) is 0.815. The molecule has 31 heavy (non-hydrogen) atoms. The summed E-state index contributed by atoms with van der Waals surface area (Å²) in [6.07, 6.45) is 15.4. The number of carbonyl (C=O) groups is 1. The first-order valence-electron chi connectivity index (χ1n) is 12.8. The molecule has 0 unspecified atom stereocenters. The molecule has 0 heterocycles. The van der Waals surface area contributed by atoms with Crippen LogP contribution in [0, 0.1) is 17.8 Å². The number of unbranched alkanes of at least 4 members (excludes halogenated alkanes) is 3. The van der Waals surface area contributed by atoms with Gasteiger partial charge in [0.1, 0.15) is 0 Å². The highest BCUT2D eigenvalue weighted by Crippen LogP contribution is 2.50. The van der Waals surface area contributed by atoms with Crippen molar-refractivity contribution in [3.8, 4) is 0 Å². The Hall–Kier alpha value is -1.13. The Morgan fingerprint density at radius 2 is 1.84 bits per heavy atom. The molecule has 2 rings (SSSR count). The first-order chi connectivity index (χ1) is 14.7. The van der Waals surface area contributed by atoms with E-state index in [1.54, 1.807) is 0 Å². The SMILES string of the molecule is CCCCC[C@H](O)/C=C/[C@@H]1[C@H]2C/C(=C/CCCC(=O)N(C(C)C)C(C)C)C[C@H]2C[C@H]1O. The Morgan fingerprint density at radius 1 is 1.13 bits per heavy atom. The minimum absolute atomic E-state index is 0.170. The van der Waals surface area contributed by atoms with Crippen molar-refractivity contribution in [3.05, 3.63) is 23.8 Å². The van der Waals surface area contributed by atoms with Crippen molar-refractivity contribution in [3.63, 3.8) is 0 Å². The second-order valence-corrected chi connectivity index (χ2v) is 10.4. The second kappa shape index (κ2) is 12.8. The van der Waals surface area contributed by atoms with E-state index < -0.39 is 0 Å². The van der Waals surface area contributed by atoms with Gasteiger partial charge in [0.2, 0.25) is 5.91 Å². The first-order valence-corrected chi connectivity index (χ1v) is 12.8. The van der Waals surface area contributed by atoms with E-state index in [1.165, 1.54) is 12.0 Å². The average Bonchev–Trinajstić information content (AvgIpc) is 3.19. The lowest BCUT2D eigenvalue weighted by Gasteiger charge is -2.30. The Kier molecular flexibility index (Phi) is 10.8. The summed E-state index contributed by atoms with van der Waals surface area (Å²) in [7, 11) is 0. The Labute approximate surface area is 190 Å². The smallest absolute Gasteiger partial charge is 0.223 e. The third-order valence-electron chi connectivity index (χ3n) is 7.20. The van der Waals surface area contributed by atoms with Gasteiger partial charge >= 0.3 is 0 Å². The zero-order valence-corrected chi connectivity index (χ0v) is 20.6. The van der Waals surface area contributed by atoms with Crippen LogP contribution in [0.4, 0.5) is 0 Å². The maximum absolute atomic E-state index is 12.5. The molecule has 2 N–H and O–H groups in total. The van der Waals surface area contributed by atoms with E-state index in [-0.39, 0.29) is 36.1 Å². The van der Waals surface area contributed by atoms with Gasteiger partial charge in [0.15, 0.2) is 0 Å². The van der Waals surface area contributed by atoms with Crippen LogP contribution in [0.1, 0.15) is 98.8 Å². The van der Waals surface area contributed by atoms with Gasteiger partial charge < -0.3 is 15.1 Å². The fourth-order valence-corrected chi connectivity index (χ4v) is 5.76. The molecular weight excluding hydrogens is 386 g/mol. The number of fused-ring (bicyclic) bond motifs is 1. The summed E-state index contributed by atoms with van der Waals surface area (Å²) in [5.41, 5.74) is 1.50. The maximum Gasteiger partial charge on any atom is 0.223 e. The largest absolute Gasteiger partial charge is 0.392 e. The van der Waals surface area contributed by atoms with E-state index in [4.69, 9.17) is 0 Å². The highest BCUT2D eigenvalue weighted by Gasteiger charge is 2.44. The van der Waals surface area contributed by atoms with Crippen LogP contribution in [0.25, 0.3) is 0 Å². The fourth-order valence-electron chi connectivity index (χ4n) is 5.76. The van der Waals surface area contributed by atoms with Crippen molar-refractivity contribution in [2.75, 3.05) is 0 Å². The number of allylic oxidation sites excluding steroid dienone is 2. The van der Waals surface area contributed by atoms with Crippen molar-refractivity contribution in [2.24, 2.45) is 17.8 Å². The third kappa shape index (κ3) is 7.75. The zero-order chi connectivity index (χ0) is 23.0. The summed E-state index contributed by atoms with van der Waals surface area (Å²) in [6.45, 7) is 10.5. The van der Waals surface area contributed by atoms with Crippen molar-refractivity contribution >= 4 is 5.91 Å². The molecule has 0 aliphatic heterocycles. The van der Waals surface area contributed by atoms with Crippen molar-refractivity contribution in [1.29, 1.82) is 0 Å². The summed E-state index contributed by atoms with van der Waals surface area (Å²) in [6, 6.07) is 0.503. The van der Waals surface area contributed by atoms with Crippen LogP contribution in [0.3, 0.4) is 0 Å². The lowest BCUT2D eigenvalue weighted by molar-refractivity contribution is -0.134. The van der Waals surface area contributed by atoms with Crippen LogP contribution < -0.4 is 0 Å². The molecule has 0 aromatic rings. The predicted octanol–water partition coefficient (Wildman–Crippen LogP) is 5.63. The number of amides is 1. The van der Waals surface area contributed by atoms with Crippen LogP contribution in [-0.2, 0) is 4.79 Å². The van der Waals surface area contributed by atoms with Gasteiger partial charge in [0.05, 0.1) is 12.2 Å². The predicted molar refractivity (Wildman–Crippen MR) is 129 cm³/mol. The van der Waals surface area contributed by atoms with Gasteiger partial charge in [-0.1, -0.05) is 50.0 Å². The molecule has 2 aliphatic rings. The second-order valence-electron chi connectivity index (χ2n) is 10.4. The Bertz CT molecular complexity index is 602. The van der Waals surface area contributed by atoms with Crippen molar-refractivity contribution in [2.45, 2.75) is 123 Å². The molecule has 178 valence electrons. The molecule has 0 saturated heterocycles.